The minimum Gasteiger partial charge on any atom is -0.508 e. The van der Waals surface area contributed by atoms with Crippen molar-refractivity contribution in [3.05, 3.63) is 85.1 Å². The van der Waals surface area contributed by atoms with Gasteiger partial charge in [-0.2, -0.15) is 0 Å². The van der Waals surface area contributed by atoms with Gasteiger partial charge in [0.25, 0.3) is 0 Å². The molecular weight excluding hydrogens is 522 g/mol. The van der Waals surface area contributed by atoms with E-state index in [1.54, 1.807) is 28.9 Å². The second-order valence-corrected chi connectivity index (χ2v) is 9.57. The van der Waals surface area contributed by atoms with Crippen molar-refractivity contribution in [3.8, 4) is 40.1 Å². The Morgan fingerprint density at radius 3 is 2.44 bits per heavy atom. The lowest BCUT2D eigenvalue weighted by atomic mass is 10.1. The van der Waals surface area contributed by atoms with Gasteiger partial charge in [0.2, 0.25) is 0 Å². The van der Waals surface area contributed by atoms with Gasteiger partial charge in [0.1, 0.15) is 35.3 Å². The highest BCUT2D eigenvalue weighted by Crippen LogP contribution is 2.31. The Morgan fingerprint density at radius 2 is 1.61 bits per heavy atom. The van der Waals surface area contributed by atoms with Crippen molar-refractivity contribution in [1.82, 2.24) is 24.9 Å². The number of hydrogen-bond acceptors (Lipinski definition) is 9. The second-order valence-electron chi connectivity index (χ2n) is 9.57. The maximum absolute atomic E-state index is 9.52. The molecule has 10 nitrogen and oxygen atoms in total. The van der Waals surface area contributed by atoms with E-state index in [1.165, 1.54) is 0 Å². The Bertz CT molecular complexity index is 1570. The van der Waals surface area contributed by atoms with Crippen molar-refractivity contribution in [2.75, 3.05) is 52.7 Å². The largest absolute Gasteiger partial charge is 0.508 e. The van der Waals surface area contributed by atoms with Gasteiger partial charge >= 0.3 is 0 Å². The molecule has 1 aliphatic heterocycles. The van der Waals surface area contributed by atoms with Gasteiger partial charge < -0.3 is 24.1 Å². The number of morpholine rings is 1. The van der Waals surface area contributed by atoms with Crippen LogP contribution < -0.4 is 9.47 Å². The molecule has 0 aliphatic carbocycles. The normalized spacial score (nSPS) is 13.9. The summed E-state index contributed by atoms with van der Waals surface area (Å²) in [6, 6.07) is 24.0. The summed E-state index contributed by atoms with van der Waals surface area (Å²) in [6.07, 6.45) is 1.81. The van der Waals surface area contributed by atoms with E-state index in [4.69, 9.17) is 23.9 Å². The molecule has 0 atom stereocenters. The molecule has 1 fully saturated rings. The molecule has 2 aromatic heterocycles. The minimum atomic E-state index is 0.198. The number of fused-ring (bicyclic) bond motifs is 1. The van der Waals surface area contributed by atoms with Crippen molar-refractivity contribution in [2.45, 2.75) is 0 Å². The molecule has 6 rings (SSSR count). The Labute approximate surface area is 237 Å². The van der Waals surface area contributed by atoms with Crippen LogP contribution in [-0.2, 0) is 9.47 Å². The van der Waals surface area contributed by atoms with Gasteiger partial charge in [0.15, 0.2) is 0 Å². The Kier molecular flexibility index (Phi) is 8.32. The molecule has 1 N–H and O–H groups in total. The van der Waals surface area contributed by atoms with E-state index in [1.807, 2.05) is 60.8 Å². The number of ether oxygens (including phenoxy) is 4. The molecule has 210 valence electrons. The third-order valence-corrected chi connectivity index (χ3v) is 6.77. The van der Waals surface area contributed by atoms with Crippen molar-refractivity contribution < 1.29 is 24.1 Å². The summed E-state index contributed by atoms with van der Waals surface area (Å²) in [7, 11) is 0. The molecule has 1 saturated heterocycles. The highest BCUT2D eigenvalue weighted by Gasteiger charge is 2.11. The number of pyridine rings is 1. The molecule has 0 unspecified atom stereocenters. The van der Waals surface area contributed by atoms with E-state index in [0.29, 0.717) is 42.7 Å². The topological polar surface area (TPSA) is 104 Å². The summed E-state index contributed by atoms with van der Waals surface area (Å²) in [5, 5.41) is 18.9. The highest BCUT2D eigenvalue weighted by atomic mass is 16.5. The Morgan fingerprint density at radius 1 is 0.805 bits per heavy atom. The van der Waals surface area contributed by atoms with Crippen LogP contribution in [-0.4, -0.2) is 82.7 Å². The number of aromatic hydroxyl groups is 1. The van der Waals surface area contributed by atoms with Gasteiger partial charge in [-0.05, 0) is 72.8 Å². The number of rotatable bonds is 11. The van der Waals surface area contributed by atoms with Crippen LogP contribution in [0.15, 0.2) is 85.1 Å². The van der Waals surface area contributed by atoms with Gasteiger partial charge in [0.05, 0.1) is 49.5 Å². The zero-order chi connectivity index (χ0) is 27.9. The van der Waals surface area contributed by atoms with Gasteiger partial charge in [-0.15, -0.1) is 5.10 Å². The first-order valence-corrected chi connectivity index (χ1v) is 13.6. The summed E-state index contributed by atoms with van der Waals surface area (Å²) in [6.45, 7) is 6.19. The van der Waals surface area contributed by atoms with Gasteiger partial charge in [-0.25, -0.2) is 9.67 Å². The molecule has 0 bridgehead atoms. The monoisotopic (exact) mass is 553 g/mol. The Hall–Kier alpha value is -4.51. The predicted octanol–water partition coefficient (Wildman–Crippen LogP) is 4.71. The standard InChI is InChI=1S/C31H31N5O5/c37-24-6-4-23(5-7-24)36-22-30(33-34-36)29-13-12-27-28(32-29)2-1-3-31(27)41-26-10-8-25(9-11-26)40-21-20-39-19-16-35-14-17-38-18-15-35/h1-13,22,37H,14-21H2. The van der Waals surface area contributed by atoms with Crippen molar-refractivity contribution in [1.29, 1.82) is 0 Å². The van der Waals surface area contributed by atoms with Crippen LogP contribution in [0.25, 0.3) is 28.0 Å². The SMILES string of the molecule is Oc1ccc(-n2cc(-c3ccc4c(Oc5ccc(OCCOCCN6CCOCC6)cc5)cccc4n3)nn2)cc1. The molecule has 1 aliphatic rings. The average Bonchev–Trinajstić information content (AvgIpc) is 3.51. The molecule has 0 saturated carbocycles. The van der Waals surface area contributed by atoms with E-state index in [-0.39, 0.29) is 5.75 Å². The number of phenolic OH excluding ortho intramolecular Hbond substituents is 1. The number of aromatic nitrogens is 4. The molecule has 3 heterocycles. The maximum Gasteiger partial charge on any atom is 0.136 e. The van der Waals surface area contributed by atoms with Crippen LogP contribution in [0, 0.1) is 0 Å². The number of phenols is 1. The Balaban J connectivity index is 1.04. The number of benzene rings is 3. The van der Waals surface area contributed by atoms with Crippen molar-refractivity contribution >= 4 is 10.9 Å². The van der Waals surface area contributed by atoms with Crippen molar-refractivity contribution in [2.24, 2.45) is 0 Å². The first-order valence-electron chi connectivity index (χ1n) is 13.6. The molecule has 10 heteroatoms. The summed E-state index contributed by atoms with van der Waals surface area (Å²) < 4.78 is 24.7. The fraction of sp³-hybridized carbons (Fsp3) is 0.258. The summed E-state index contributed by atoms with van der Waals surface area (Å²) >= 11 is 0. The zero-order valence-corrected chi connectivity index (χ0v) is 22.6. The lowest BCUT2D eigenvalue weighted by Crippen LogP contribution is -2.38. The first kappa shape index (κ1) is 26.7. The van der Waals surface area contributed by atoms with Crippen LogP contribution in [0.3, 0.4) is 0 Å². The smallest absolute Gasteiger partial charge is 0.136 e. The highest BCUT2D eigenvalue weighted by molar-refractivity contribution is 5.87. The van der Waals surface area contributed by atoms with E-state index >= 15 is 0 Å². The summed E-state index contributed by atoms with van der Waals surface area (Å²) in [5.41, 5.74) is 2.92. The van der Waals surface area contributed by atoms with Crippen LogP contribution in [0.4, 0.5) is 0 Å². The molecular formula is C31H31N5O5. The molecule has 0 radical (unpaired) electrons. The predicted molar refractivity (Wildman–Crippen MR) is 154 cm³/mol. The number of nitrogens with zero attached hydrogens (tertiary/aromatic N) is 5. The van der Waals surface area contributed by atoms with Crippen LogP contribution >= 0.6 is 0 Å². The van der Waals surface area contributed by atoms with Gasteiger partial charge in [0, 0.05) is 25.0 Å². The summed E-state index contributed by atoms with van der Waals surface area (Å²) in [5.74, 6) is 2.37. The zero-order valence-electron chi connectivity index (χ0n) is 22.6. The van der Waals surface area contributed by atoms with Crippen LogP contribution in [0.5, 0.6) is 23.0 Å². The minimum absolute atomic E-state index is 0.198. The molecule has 0 amide bonds. The van der Waals surface area contributed by atoms with E-state index < -0.39 is 0 Å². The van der Waals surface area contributed by atoms with E-state index in [2.05, 4.69) is 15.2 Å². The third-order valence-electron chi connectivity index (χ3n) is 6.77. The molecule has 41 heavy (non-hydrogen) atoms. The van der Waals surface area contributed by atoms with E-state index in [9.17, 15) is 5.11 Å². The van der Waals surface area contributed by atoms with Crippen molar-refractivity contribution in [3.63, 3.8) is 0 Å². The fourth-order valence-electron chi connectivity index (χ4n) is 4.54. The molecule has 3 aromatic carbocycles. The maximum atomic E-state index is 9.52. The van der Waals surface area contributed by atoms with E-state index in [0.717, 1.165) is 55.2 Å². The fourth-order valence-corrected chi connectivity index (χ4v) is 4.54. The first-order chi connectivity index (χ1) is 20.2. The quantitative estimate of drug-likeness (QED) is 0.233. The van der Waals surface area contributed by atoms with Crippen LogP contribution in [0.1, 0.15) is 0 Å². The lowest BCUT2D eigenvalue weighted by Gasteiger charge is -2.26. The van der Waals surface area contributed by atoms with Gasteiger partial charge in [-0.3, -0.25) is 4.90 Å². The molecule has 5 aromatic rings. The summed E-state index contributed by atoms with van der Waals surface area (Å²) in [4.78, 5) is 7.14. The molecule has 0 spiro atoms. The lowest BCUT2D eigenvalue weighted by molar-refractivity contribution is 0.0170. The van der Waals surface area contributed by atoms with Crippen LogP contribution in [0.2, 0.25) is 0 Å². The number of hydrogen-bond donors (Lipinski definition) is 1. The average molecular weight is 554 g/mol. The third kappa shape index (κ3) is 6.80. The van der Waals surface area contributed by atoms with Gasteiger partial charge in [-0.1, -0.05) is 11.3 Å². The second kappa shape index (κ2) is 12.8.